The SMILES string of the molecule is CCc1cccc(N)c1CC.c1cc2ccc3cccc4ccc(c1)c2c34. The molecule has 5 rings (SSSR count). The summed E-state index contributed by atoms with van der Waals surface area (Å²) in [6.07, 6.45) is 2.12. The molecular weight excluding hydrogens is 326 g/mol. The van der Waals surface area contributed by atoms with Crippen molar-refractivity contribution in [2.75, 3.05) is 5.73 Å². The maximum atomic E-state index is 5.81. The molecule has 0 aliphatic rings. The fourth-order valence-electron chi connectivity index (χ4n) is 4.09. The lowest BCUT2D eigenvalue weighted by atomic mass is 9.95. The third-order valence-electron chi connectivity index (χ3n) is 5.44. The zero-order valence-electron chi connectivity index (χ0n) is 16.0. The first kappa shape index (κ1) is 17.4. The largest absolute Gasteiger partial charge is 0.398 e. The quantitative estimate of drug-likeness (QED) is 0.269. The van der Waals surface area contributed by atoms with Crippen molar-refractivity contribution in [3.8, 4) is 0 Å². The van der Waals surface area contributed by atoms with Crippen molar-refractivity contribution < 1.29 is 0 Å². The molecule has 0 aliphatic carbocycles. The summed E-state index contributed by atoms with van der Waals surface area (Å²) < 4.78 is 0. The second-order valence-corrected chi connectivity index (χ2v) is 6.98. The first-order valence-electron chi connectivity index (χ1n) is 9.71. The average Bonchev–Trinajstić information content (AvgIpc) is 2.72. The minimum Gasteiger partial charge on any atom is -0.398 e. The second kappa shape index (κ2) is 7.28. The minimum absolute atomic E-state index is 0.937. The Bertz CT molecular complexity index is 1070. The number of hydrogen-bond donors (Lipinski definition) is 1. The van der Waals surface area contributed by atoms with E-state index in [1.54, 1.807) is 0 Å². The Morgan fingerprint density at radius 3 is 1.37 bits per heavy atom. The van der Waals surface area contributed by atoms with Crippen molar-refractivity contribution in [2.24, 2.45) is 0 Å². The van der Waals surface area contributed by atoms with Crippen molar-refractivity contribution in [1.82, 2.24) is 0 Å². The normalized spacial score (nSPS) is 11.0. The van der Waals surface area contributed by atoms with Crippen molar-refractivity contribution in [1.29, 1.82) is 0 Å². The standard InChI is InChI=1S/C16H10.C10H15N/c1-3-11-7-9-13-5-2-6-14-10-8-12(4-1)15(11)16(13)14;1-3-8-6-5-7-10(11)9(8)4-2/h1-10H;5-7H,3-4,11H2,1-2H3. The molecule has 134 valence electrons. The number of benzene rings is 5. The fraction of sp³-hybridized carbons (Fsp3) is 0.154. The number of anilines is 1. The van der Waals surface area contributed by atoms with Gasteiger partial charge in [-0.15, -0.1) is 0 Å². The average molecular weight is 351 g/mol. The van der Waals surface area contributed by atoms with Crippen LogP contribution in [-0.4, -0.2) is 0 Å². The van der Waals surface area contributed by atoms with Crippen LogP contribution in [0.2, 0.25) is 0 Å². The minimum atomic E-state index is 0.937. The Morgan fingerprint density at radius 1 is 0.556 bits per heavy atom. The summed E-state index contributed by atoms with van der Waals surface area (Å²) in [6, 6.07) is 28.0. The van der Waals surface area contributed by atoms with Crippen LogP contribution in [0.1, 0.15) is 25.0 Å². The van der Waals surface area contributed by atoms with Crippen LogP contribution in [0.3, 0.4) is 0 Å². The Kier molecular flexibility index (Phi) is 4.68. The van der Waals surface area contributed by atoms with Crippen molar-refractivity contribution >= 4 is 38.0 Å². The third-order valence-corrected chi connectivity index (χ3v) is 5.44. The molecule has 0 amide bonds. The Hall–Kier alpha value is -3.06. The zero-order chi connectivity index (χ0) is 18.8. The van der Waals surface area contributed by atoms with Gasteiger partial charge in [0.25, 0.3) is 0 Å². The molecule has 0 atom stereocenters. The van der Waals surface area contributed by atoms with Crippen LogP contribution in [0.25, 0.3) is 32.3 Å². The molecule has 0 unspecified atom stereocenters. The van der Waals surface area contributed by atoms with Gasteiger partial charge in [0.05, 0.1) is 0 Å². The smallest absolute Gasteiger partial charge is 0.0349 e. The number of hydrogen-bond acceptors (Lipinski definition) is 1. The molecule has 0 saturated carbocycles. The van der Waals surface area contributed by atoms with E-state index in [1.165, 1.54) is 43.4 Å². The molecule has 27 heavy (non-hydrogen) atoms. The lowest BCUT2D eigenvalue weighted by molar-refractivity contribution is 1.04. The van der Waals surface area contributed by atoms with E-state index in [2.05, 4.69) is 80.6 Å². The van der Waals surface area contributed by atoms with Gasteiger partial charge in [0, 0.05) is 5.69 Å². The number of rotatable bonds is 2. The summed E-state index contributed by atoms with van der Waals surface area (Å²) in [5, 5.41) is 8.14. The fourth-order valence-corrected chi connectivity index (χ4v) is 4.09. The lowest BCUT2D eigenvalue weighted by Crippen LogP contribution is -1.97. The molecule has 5 aromatic carbocycles. The molecule has 0 fully saturated rings. The molecule has 1 heteroatoms. The van der Waals surface area contributed by atoms with Gasteiger partial charge in [0.1, 0.15) is 0 Å². The van der Waals surface area contributed by atoms with E-state index in [-0.39, 0.29) is 0 Å². The van der Waals surface area contributed by atoms with Gasteiger partial charge >= 0.3 is 0 Å². The maximum Gasteiger partial charge on any atom is 0.0349 e. The highest BCUT2D eigenvalue weighted by Crippen LogP contribution is 2.33. The van der Waals surface area contributed by atoms with E-state index in [4.69, 9.17) is 5.73 Å². The predicted octanol–water partition coefficient (Wildman–Crippen LogP) is 6.98. The molecule has 0 aromatic heterocycles. The van der Waals surface area contributed by atoms with Gasteiger partial charge in [-0.25, -0.2) is 0 Å². The highest BCUT2D eigenvalue weighted by atomic mass is 14.6. The lowest BCUT2D eigenvalue weighted by Gasteiger charge is -2.09. The van der Waals surface area contributed by atoms with Crippen molar-refractivity contribution in [2.45, 2.75) is 26.7 Å². The highest BCUT2D eigenvalue weighted by Gasteiger charge is 2.06. The van der Waals surface area contributed by atoms with Gasteiger partial charge in [-0.2, -0.15) is 0 Å². The first-order chi connectivity index (χ1) is 13.2. The predicted molar refractivity (Wildman–Crippen MR) is 120 cm³/mol. The summed E-state index contributed by atoms with van der Waals surface area (Å²) in [7, 11) is 0. The summed E-state index contributed by atoms with van der Waals surface area (Å²) in [5.41, 5.74) is 9.44. The highest BCUT2D eigenvalue weighted by molar-refractivity contribution is 6.22. The molecule has 0 aliphatic heterocycles. The van der Waals surface area contributed by atoms with Crippen molar-refractivity contribution in [3.63, 3.8) is 0 Å². The molecule has 0 saturated heterocycles. The van der Waals surface area contributed by atoms with E-state index < -0.39 is 0 Å². The Morgan fingerprint density at radius 2 is 1.00 bits per heavy atom. The van der Waals surface area contributed by atoms with Gasteiger partial charge in [-0.1, -0.05) is 86.6 Å². The third kappa shape index (κ3) is 3.10. The second-order valence-electron chi connectivity index (χ2n) is 6.98. The van der Waals surface area contributed by atoms with Crippen LogP contribution < -0.4 is 5.73 Å². The molecule has 0 bridgehead atoms. The van der Waals surface area contributed by atoms with E-state index >= 15 is 0 Å². The molecule has 0 radical (unpaired) electrons. The summed E-state index contributed by atoms with van der Waals surface area (Å²) in [4.78, 5) is 0. The topological polar surface area (TPSA) is 26.0 Å². The van der Waals surface area contributed by atoms with Crippen LogP contribution in [0, 0.1) is 0 Å². The molecule has 5 aromatic rings. The van der Waals surface area contributed by atoms with Gasteiger partial charge in [0.15, 0.2) is 0 Å². The van der Waals surface area contributed by atoms with Gasteiger partial charge in [0.2, 0.25) is 0 Å². The van der Waals surface area contributed by atoms with Gasteiger partial charge < -0.3 is 5.73 Å². The molecule has 0 heterocycles. The van der Waals surface area contributed by atoms with Crippen LogP contribution in [0.15, 0.2) is 78.9 Å². The van der Waals surface area contributed by atoms with E-state index in [0.29, 0.717) is 0 Å². The first-order valence-corrected chi connectivity index (χ1v) is 9.71. The molecule has 2 N–H and O–H groups in total. The maximum absolute atomic E-state index is 5.81. The van der Waals surface area contributed by atoms with E-state index in [1.807, 2.05) is 12.1 Å². The zero-order valence-corrected chi connectivity index (χ0v) is 16.0. The summed E-state index contributed by atoms with van der Waals surface area (Å²) >= 11 is 0. The number of nitrogens with two attached hydrogens (primary N) is 1. The molecule has 0 spiro atoms. The Balaban J connectivity index is 0.000000145. The van der Waals surface area contributed by atoms with Crippen LogP contribution in [0.4, 0.5) is 5.69 Å². The number of aryl methyl sites for hydroxylation is 1. The van der Waals surface area contributed by atoms with Gasteiger partial charge in [-0.05, 0) is 62.4 Å². The van der Waals surface area contributed by atoms with Crippen molar-refractivity contribution in [3.05, 3.63) is 90.0 Å². The molecule has 1 nitrogen and oxygen atoms in total. The van der Waals surface area contributed by atoms with Crippen LogP contribution in [-0.2, 0) is 12.8 Å². The summed E-state index contributed by atoms with van der Waals surface area (Å²) in [5.74, 6) is 0. The van der Waals surface area contributed by atoms with Gasteiger partial charge in [-0.3, -0.25) is 0 Å². The van der Waals surface area contributed by atoms with E-state index in [9.17, 15) is 0 Å². The van der Waals surface area contributed by atoms with Crippen LogP contribution >= 0.6 is 0 Å². The molecular formula is C26H25N. The van der Waals surface area contributed by atoms with Crippen LogP contribution in [0.5, 0.6) is 0 Å². The monoisotopic (exact) mass is 351 g/mol. The Labute approximate surface area is 160 Å². The summed E-state index contributed by atoms with van der Waals surface area (Å²) in [6.45, 7) is 4.30. The van der Waals surface area contributed by atoms with E-state index in [0.717, 1.165) is 18.5 Å². The number of nitrogen functional groups attached to an aromatic ring is 1.